The topological polar surface area (TPSA) is 228 Å². The zero-order valence-electron chi connectivity index (χ0n) is 18.1. The summed E-state index contributed by atoms with van der Waals surface area (Å²) in [6, 6.07) is -0.814. The molecule has 0 atom stereocenters. The molecule has 14 nitrogen and oxygen atoms in total. The molecule has 7 N–H and O–H groups in total. The predicted molar refractivity (Wildman–Crippen MR) is 113 cm³/mol. The Kier molecular flexibility index (Phi) is 19.5. The van der Waals surface area contributed by atoms with E-state index in [2.05, 4.69) is 15.9 Å². The molecule has 192 valence electrons. The molecule has 0 saturated heterocycles. The van der Waals surface area contributed by atoms with Gasteiger partial charge in [0.25, 0.3) is 0 Å². The van der Waals surface area contributed by atoms with E-state index in [1.807, 2.05) is 19.2 Å². The summed E-state index contributed by atoms with van der Waals surface area (Å²) in [5.74, 6) is -5.29. The number of nitrogens with one attached hydrogen (secondary N) is 1. The van der Waals surface area contributed by atoms with Crippen molar-refractivity contribution in [2.75, 3.05) is 39.3 Å². The summed E-state index contributed by atoms with van der Waals surface area (Å²) in [7, 11) is 0. The Morgan fingerprint density at radius 2 is 1.03 bits per heavy atom. The molecule has 16 heteroatoms. The van der Waals surface area contributed by atoms with Crippen molar-refractivity contribution < 1.29 is 66.3 Å². The largest absolute Gasteiger partial charge is 0.480 e. The van der Waals surface area contributed by atoms with Crippen molar-refractivity contribution in [2.24, 2.45) is 5.73 Å². The molecule has 3 amide bonds. The third kappa shape index (κ3) is 19.0. The minimum Gasteiger partial charge on any atom is -0.480 e. The molecule has 0 aromatic rings. The minimum atomic E-state index is -1.23. The number of rotatable bonds is 14. The number of nitrogens with zero attached hydrogens (tertiary/aromatic N) is 2. The second-order valence-corrected chi connectivity index (χ2v) is 8.01. The van der Waals surface area contributed by atoms with Crippen LogP contribution in [0.25, 0.3) is 0 Å². The van der Waals surface area contributed by atoms with E-state index in [0.717, 1.165) is 9.80 Å². The van der Waals surface area contributed by atoms with Gasteiger partial charge in [-0.15, -0.1) is 0 Å². The Balaban J connectivity index is -0.000000596. The number of carboxylic acids is 4. The normalized spacial score (nSPS) is 10.5. The van der Waals surface area contributed by atoms with E-state index in [0.29, 0.717) is 12.8 Å². The van der Waals surface area contributed by atoms with Crippen LogP contribution in [0.2, 0.25) is 0 Å². The number of nitrogens with two attached hydrogens (primary N) is 1. The molecular formula is C17H29BrFeN4O10. The molecule has 0 aliphatic heterocycles. The van der Waals surface area contributed by atoms with Crippen LogP contribution in [0.5, 0.6) is 0 Å². The van der Waals surface area contributed by atoms with Gasteiger partial charge in [-0.2, -0.15) is 0 Å². The van der Waals surface area contributed by atoms with Gasteiger partial charge in [-0.3, -0.25) is 39.1 Å². The van der Waals surface area contributed by atoms with Crippen molar-refractivity contribution in [3.63, 3.8) is 0 Å². The first-order valence-electron chi connectivity index (χ1n) is 9.28. The average Bonchev–Trinajstić information content (AvgIpc) is 2.63. The van der Waals surface area contributed by atoms with Gasteiger partial charge >= 0.3 is 29.9 Å². The minimum absolute atomic E-state index is 0. The molecule has 0 fully saturated rings. The third-order valence-electron chi connectivity index (χ3n) is 3.93. The number of carbonyl (C=O) groups excluding carboxylic acids is 2. The second-order valence-electron chi connectivity index (χ2n) is 6.49. The fourth-order valence-electron chi connectivity index (χ4n) is 2.27. The number of carboxylic acid groups (broad SMARTS) is 4. The SMILES string of the molecule is CCC(Br)(CC)C(=O)NC(N)=O.O=C(O)CN(CCN(CC(=O)O)CC(=O)O)CC(=O)O.[Fe]. The van der Waals surface area contributed by atoms with Gasteiger partial charge in [0.05, 0.1) is 26.2 Å². The van der Waals surface area contributed by atoms with Gasteiger partial charge in [0.1, 0.15) is 4.32 Å². The van der Waals surface area contributed by atoms with Crippen molar-refractivity contribution in [2.45, 2.75) is 31.0 Å². The first-order valence-corrected chi connectivity index (χ1v) is 10.1. The molecule has 0 spiro atoms. The van der Waals surface area contributed by atoms with Gasteiger partial charge in [-0.05, 0) is 12.8 Å². The fourth-order valence-corrected chi connectivity index (χ4v) is 2.37. The molecule has 0 unspecified atom stereocenters. The maximum atomic E-state index is 11.3. The number of urea groups is 1. The van der Waals surface area contributed by atoms with Gasteiger partial charge < -0.3 is 26.2 Å². The molecule has 0 aromatic carbocycles. The molecule has 0 heterocycles. The van der Waals surface area contributed by atoms with Crippen molar-refractivity contribution in [3.05, 3.63) is 0 Å². The van der Waals surface area contributed by atoms with E-state index in [1.54, 1.807) is 0 Å². The monoisotopic (exact) mass is 584 g/mol. The number of hydrogen-bond acceptors (Lipinski definition) is 8. The molecule has 0 rings (SSSR count). The molecular weight excluding hydrogens is 556 g/mol. The number of imide groups is 1. The fraction of sp³-hybridized carbons (Fsp3) is 0.647. The van der Waals surface area contributed by atoms with Crippen LogP contribution in [0.15, 0.2) is 0 Å². The van der Waals surface area contributed by atoms with Gasteiger partial charge in [0.15, 0.2) is 0 Å². The Morgan fingerprint density at radius 1 is 0.758 bits per heavy atom. The summed E-state index contributed by atoms with van der Waals surface area (Å²) >= 11 is 3.26. The summed E-state index contributed by atoms with van der Waals surface area (Å²) in [4.78, 5) is 66.0. The Labute approximate surface area is 209 Å². The number of halogens is 1. The van der Waals surface area contributed by atoms with Crippen LogP contribution in [0.3, 0.4) is 0 Å². The van der Waals surface area contributed by atoms with Crippen LogP contribution in [0, 0.1) is 0 Å². The van der Waals surface area contributed by atoms with E-state index in [4.69, 9.17) is 26.2 Å². The van der Waals surface area contributed by atoms with Crippen LogP contribution in [-0.4, -0.2) is 110 Å². The van der Waals surface area contributed by atoms with Crippen molar-refractivity contribution >= 4 is 51.7 Å². The first kappa shape index (κ1) is 35.3. The van der Waals surface area contributed by atoms with Gasteiger partial charge in [-0.1, -0.05) is 29.8 Å². The summed E-state index contributed by atoms with van der Waals surface area (Å²) < 4.78 is -0.665. The van der Waals surface area contributed by atoms with E-state index in [1.165, 1.54) is 0 Å². The maximum Gasteiger partial charge on any atom is 0.318 e. The average molecular weight is 585 g/mol. The van der Waals surface area contributed by atoms with Gasteiger partial charge in [0.2, 0.25) is 5.91 Å². The van der Waals surface area contributed by atoms with Gasteiger partial charge in [0, 0.05) is 30.2 Å². The first-order chi connectivity index (χ1) is 14.7. The molecule has 0 bridgehead atoms. The van der Waals surface area contributed by atoms with Crippen molar-refractivity contribution in [1.82, 2.24) is 15.1 Å². The summed E-state index contributed by atoms with van der Waals surface area (Å²) in [6.07, 6.45) is 1.23. The van der Waals surface area contributed by atoms with E-state index in [-0.39, 0.29) is 36.1 Å². The number of hydrogen-bond donors (Lipinski definition) is 6. The summed E-state index contributed by atoms with van der Waals surface area (Å²) in [6.45, 7) is 1.47. The number of amides is 3. The number of carbonyl (C=O) groups is 6. The number of primary amides is 1. The molecule has 0 aliphatic rings. The Morgan fingerprint density at radius 3 is 1.21 bits per heavy atom. The van der Waals surface area contributed by atoms with Crippen LogP contribution < -0.4 is 11.1 Å². The zero-order valence-corrected chi connectivity index (χ0v) is 20.8. The van der Waals surface area contributed by atoms with Crippen LogP contribution in [0.4, 0.5) is 4.79 Å². The molecule has 33 heavy (non-hydrogen) atoms. The van der Waals surface area contributed by atoms with Crippen molar-refractivity contribution in [3.8, 4) is 0 Å². The zero-order chi connectivity index (χ0) is 25.5. The van der Waals surface area contributed by atoms with Gasteiger partial charge in [-0.25, -0.2) is 4.79 Å². The third-order valence-corrected chi connectivity index (χ3v) is 5.41. The van der Waals surface area contributed by atoms with Crippen LogP contribution in [-0.2, 0) is 41.0 Å². The van der Waals surface area contributed by atoms with Crippen LogP contribution in [0.1, 0.15) is 26.7 Å². The smallest absolute Gasteiger partial charge is 0.318 e. The summed E-state index contributed by atoms with van der Waals surface area (Å²) in [5.41, 5.74) is 4.81. The Hall–Kier alpha value is -2.26. The maximum absolute atomic E-state index is 11.3. The molecule has 0 saturated carbocycles. The number of aliphatic carboxylic acids is 4. The quantitative estimate of drug-likeness (QED) is 0.107. The standard InChI is InChI=1S/C10H16N2O8.C7H13BrN2O2.Fe/c13-7(14)3-11(4-8(15)16)1-2-12(5-9(17)18)6-10(19)20;1-3-7(8,4-2)5(11)10-6(9)12;/h1-6H2,(H,13,14)(H,15,16)(H,17,18)(H,19,20);3-4H2,1-2H3,(H3,9,10,11,12);. The summed E-state index contributed by atoms with van der Waals surface area (Å²) in [5, 5.41) is 36.5. The predicted octanol–water partition coefficient (Wildman–Crippen LogP) is -0.939. The van der Waals surface area contributed by atoms with Crippen molar-refractivity contribution in [1.29, 1.82) is 0 Å². The van der Waals surface area contributed by atoms with E-state index < -0.39 is 60.4 Å². The second kappa shape index (κ2) is 18.2. The van der Waals surface area contributed by atoms with Crippen LogP contribution >= 0.6 is 15.9 Å². The Bertz CT molecular complexity index is 623. The van der Waals surface area contributed by atoms with E-state index >= 15 is 0 Å². The van der Waals surface area contributed by atoms with E-state index in [9.17, 15) is 28.8 Å². The number of alkyl halides is 1. The molecule has 0 aromatic heterocycles. The molecule has 0 aliphatic carbocycles. The molecule has 0 radical (unpaired) electrons.